The molecule has 0 radical (unpaired) electrons. The average Bonchev–Trinajstić information content (AvgIpc) is 3.11. The summed E-state index contributed by atoms with van der Waals surface area (Å²) in [7, 11) is 0. The topological polar surface area (TPSA) is 0 Å². The molecule has 5 aromatic carbocycles. The Kier molecular flexibility index (Phi) is 9.51. The van der Waals surface area contributed by atoms with Crippen molar-refractivity contribution in [1.82, 2.24) is 0 Å². The van der Waals surface area contributed by atoms with E-state index in [1.165, 1.54) is 105 Å². The van der Waals surface area contributed by atoms with Crippen molar-refractivity contribution in [2.24, 2.45) is 5.92 Å². The molecule has 5 aromatic rings. The second-order valence-corrected chi connectivity index (χ2v) is 14.8. The summed E-state index contributed by atoms with van der Waals surface area (Å²) in [4.78, 5) is 0. The van der Waals surface area contributed by atoms with Gasteiger partial charge in [0.25, 0.3) is 0 Å². The zero-order chi connectivity index (χ0) is 35.3. The molecular weight excluding hydrogens is 587 g/mol. The summed E-state index contributed by atoms with van der Waals surface area (Å²) in [6, 6.07) is 33.1. The first-order valence-corrected chi connectivity index (χ1v) is 18.1. The highest BCUT2D eigenvalue weighted by Crippen LogP contribution is 2.46. The molecule has 0 spiro atoms. The molecule has 6 rings (SSSR count). The van der Waals surface area contributed by atoms with Gasteiger partial charge in [-0.05, 0) is 132 Å². The summed E-state index contributed by atoms with van der Waals surface area (Å²) in [5.74, 6) is 0.768. The van der Waals surface area contributed by atoms with Gasteiger partial charge in [0, 0.05) is 5.92 Å². The monoisotopic (exact) mass is 640 g/mol. The molecule has 248 valence electrons. The lowest BCUT2D eigenvalue weighted by atomic mass is 9.30. The van der Waals surface area contributed by atoms with E-state index < -0.39 is 0 Å². The van der Waals surface area contributed by atoms with E-state index in [2.05, 4.69) is 174 Å². The highest BCUT2D eigenvalue weighted by Gasteiger charge is 2.40. The lowest BCUT2D eigenvalue weighted by Crippen LogP contribution is -2.52. The molecule has 2 unspecified atom stereocenters. The van der Waals surface area contributed by atoms with E-state index in [0.29, 0.717) is 11.8 Å². The zero-order valence-corrected chi connectivity index (χ0v) is 31.9. The van der Waals surface area contributed by atoms with Crippen molar-refractivity contribution in [3.05, 3.63) is 163 Å². The second-order valence-electron chi connectivity index (χ2n) is 14.8. The first-order valence-electron chi connectivity index (χ1n) is 18.1. The molecule has 0 bridgehead atoms. The van der Waals surface area contributed by atoms with Crippen molar-refractivity contribution < 1.29 is 0 Å². The normalized spacial score (nSPS) is 16.4. The van der Waals surface area contributed by atoms with Crippen LogP contribution in [0, 0.1) is 61.3 Å². The van der Waals surface area contributed by atoms with Gasteiger partial charge in [-0.1, -0.05) is 153 Å². The molecule has 0 fully saturated rings. The minimum Gasteiger partial charge on any atom is -0.0740 e. The Labute approximate surface area is 297 Å². The van der Waals surface area contributed by atoms with E-state index in [1.807, 2.05) is 0 Å². The fraction of sp³-hybridized carbons (Fsp3) is 0.292. The molecule has 1 aliphatic rings. The van der Waals surface area contributed by atoms with Crippen LogP contribution in [0.5, 0.6) is 0 Å². The Morgan fingerprint density at radius 2 is 0.755 bits per heavy atom. The van der Waals surface area contributed by atoms with Crippen LogP contribution in [-0.2, 0) is 0 Å². The third kappa shape index (κ3) is 5.66. The van der Waals surface area contributed by atoms with Crippen LogP contribution in [0.25, 0.3) is 22.3 Å². The summed E-state index contributed by atoms with van der Waals surface area (Å²) in [5, 5.41) is 0. The highest BCUT2D eigenvalue weighted by atomic mass is 14.3. The third-order valence-corrected chi connectivity index (χ3v) is 12.6. The van der Waals surface area contributed by atoms with E-state index >= 15 is 0 Å². The lowest BCUT2D eigenvalue weighted by Gasteiger charge is -2.39. The predicted octanol–water partition coefficient (Wildman–Crippen LogP) is 11.7. The largest absolute Gasteiger partial charge is 0.242 e. The average molecular weight is 641 g/mol. The van der Waals surface area contributed by atoms with Crippen LogP contribution in [0.4, 0.5) is 0 Å². The number of allylic oxidation sites excluding steroid dienone is 4. The van der Waals surface area contributed by atoms with Crippen LogP contribution >= 0.6 is 0 Å². The Balaban J connectivity index is 1.71. The van der Waals surface area contributed by atoms with Crippen molar-refractivity contribution in [2.45, 2.75) is 89.0 Å². The van der Waals surface area contributed by atoms with Crippen LogP contribution in [-0.4, -0.2) is 6.71 Å². The van der Waals surface area contributed by atoms with Gasteiger partial charge < -0.3 is 0 Å². The molecule has 1 heteroatoms. The number of rotatable bonds is 6. The second kappa shape index (κ2) is 13.5. The summed E-state index contributed by atoms with van der Waals surface area (Å²) in [6.45, 7) is 28.8. The summed E-state index contributed by atoms with van der Waals surface area (Å²) in [5.41, 5.74) is 27.0. The van der Waals surface area contributed by atoms with Gasteiger partial charge in [-0.25, -0.2) is 0 Å². The van der Waals surface area contributed by atoms with Crippen LogP contribution in [0.3, 0.4) is 0 Å². The molecule has 0 saturated carbocycles. The fourth-order valence-electron chi connectivity index (χ4n) is 9.31. The van der Waals surface area contributed by atoms with Crippen LogP contribution in [0.15, 0.2) is 113 Å². The van der Waals surface area contributed by atoms with Crippen molar-refractivity contribution in [2.75, 3.05) is 0 Å². The van der Waals surface area contributed by atoms with E-state index in [1.54, 1.807) is 0 Å². The third-order valence-electron chi connectivity index (χ3n) is 12.6. The maximum Gasteiger partial charge on any atom is 0.242 e. The Hall–Kier alpha value is -4.36. The van der Waals surface area contributed by atoms with E-state index in [9.17, 15) is 0 Å². The standard InChI is InChI=1S/C48H53B/c1-28-34(7)46(35(8)29(2)43(28)40-22-16-13-17-23-40)49(47-36(9)30(3)44(31(4)37(47)10)41-24-18-14-19-25-41)48-38(11)32(5)45(33(6)39(48)12)42-26-20-15-21-27-42/h13-28,43H,1-12H3. The highest BCUT2D eigenvalue weighted by molar-refractivity contribution is 6.93. The minimum atomic E-state index is 0.124. The van der Waals surface area contributed by atoms with Crippen molar-refractivity contribution in [3.8, 4) is 22.3 Å². The van der Waals surface area contributed by atoms with Gasteiger partial charge in [-0.3, -0.25) is 0 Å². The van der Waals surface area contributed by atoms with E-state index in [4.69, 9.17) is 0 Å². The predicted molar refractivity (Wildman–Crippen MR) is 216 cm³/mol. The van der Waals surface area contributed by atoms with Crippen LogP contribution < -0.4 is 10.9 Å². The first kappa shape index (κ1) is 34.5. The molecule has 0 N–H and O–H groups in total. The van der Waals surface area contributed by atoms with Gasteiger partial charge in [-0.2, -0.15) is 0 Å². The molecule has 0 amide bonds. The maximum atomic E-state index is 2.46. The molecule has 0 nitrogen and oxygen atoms in total. The van der Waals surface area contributed by atoms with Crippen LogP contribution in [0.1, 0.15) is 83.7 Å². The molecule has 0 heterocycles. The van der Waals surface area contributed by atoms with E-state index in [0.717, 1.165) is 0 Å². The van der Waals surface area contributed by atoms with Crippen molar-refractivity contribution in [1.29, 1.82) is 0 Å². The van der Waals surface area contributed by atoms with Gasteiger partial charge in [0.05, 0.1) is 0 Å². The summed E-state index contributed by atoms with van der Waals surface area (Å²) < 4.78 is 0. The minimum absolute atomic E-state index is 0.124. The molecule has 0 aromatic heterocycles. The van der Waals surface area contributed by atoms with Crippen LogP contribution in [0.2, 0.25) is 0 Å². The summed E-state index contributed by atoms with van der Waals surface area (Å²) >= 11 is 0. The Morgan fingerprint density at radius 1 is 0.408 bits per heavy atom. The van der Waals surface area contributed by atoms with Gasteiger partial charge in [0.2, 0.25) is 6.71 Å². The summed E-state index contributed by atoms with van der Waals surface area (Å²) in [6.07, 6.45) is 0. The van der Waals surface area contributed by atoms with E-state index in [-0.39, 0.29) is 6.71 Å². The van der Waals surface area contributed by atoms with Gasteiger partial charge in [0.1, 0.15) is 0 Å². The lowest BCUT2D eigenvalue weighted by molar-refractivity contribution is 0.564. The first-order chi connectivity index (χ1) is 23.4. The van der Waals surface area contributed by atoms with Crippen molar-refractivity contribution in [3.63, 3.8) is 0 Å². The molecule has 0 saturated heterocycles. The number of benzene rings is 5. The quantitative estimate of drug-likeness (QED) is 0.162. The SMILES string of the molecule is CC1=C(C)C(c2ccccc2)C(C)C(C)=C1B(c1c(C)c(C)c(-c2ccccc2)c(C)c1C)c1c(C)c(C)c(-c2ccccc2)c(C)c1C. The van der Waals surface area contributed by atoms with Gasteiger partial charge in [-0.15, -0.1) is 0 Å². The Morgan fingerprint density at radius 3 is 1.12 bits per heavy atom. The fourth-order valence-corrected chi connectivity index (χ4v) is 9.31. The zero-order valence-electron chi connectivity index (χ0n) is 31.9. The van der Waals surface area contributed by atoms with Gasteiger partial charge in [0.15, 0.2) is 0 Å². The number of hydrogen-bond donors (Lipinski definition) is 0. The molecule has 0 aliphatic heterocycles. The molecule has 1 aliphatic carbocycles. The van der Waals surface area contributed by atoms with Gasteiger partial charge >= 0.3 is 0 Å². The van der Waals surface area contributed by atoms with Crippen molar-refractivity contribution >= 4 is 17.6 Å². The molecule has 2 atom stereocenters. The molecular formula is C48H53B. The smallest absolute Gasteiger partial charge is 0.0740 e. The maximum absolute atomic E-state index is 2.46. The number of hydrogen-bond acceptors (Lipinski definition) is 0. The molecule has 49 heavy (non-hydrogen) atoms. The Bertz CT molecular complexity index is 1940.